The molecule has 6 nitrogen and oxygen atoms in total. The van der Waals surface area contributed by atoms with E-state index >= 15 is 0 Å². The lowest BCUT2D eigenvalue weighted by Gasteiger charge is -2.06. The third-order valence-corrected chi connectivity index (χ3v) is 3.10. The van der Waals surface area contributed by atoms with E-state index in [1.54, 1.807) is 12.1 Å². The SMILES string of the molecule is Nc1nnc(Cl)cc1C=CCCNC(=O)OCc1ccccc1. The van der Waals surface area contributed by atoms with Gasteiger partial charge in [-0.15, -0.1) is 10.2 Å². The Morgan fingerprint density at radius 3 is 2.87 bits per heavy atom. The van der Waals surface area contributed by atoms with Crippen molar-refractivity contribution in [3.05, 3.63) is 58.8 Å². The molecular formula is C16H17ClN4O2. The van der Waals surface area contributed by atoms with Gasteiger partial charge in [-0.3, -0.25) is 0 Å². The molecule has 1 aromatic carbocycles. The normalized spacial score (nSPS) is 10.7. The van der Waals surface area contributed by atoms with Gasteiger partial charge in [-0.05, 0) is 18.1 Å². The second-order valence-corrected chi connectivity index (χ2v) is 5.07. The predicted molar refractivity (Wildman–Crippen MR) is 89.7 cm³/mol. The van der Waals surface area contributed by atoms with Gasteiger partial charge in [-0.25, -0.2) is 4.79 Å². The largest absolute Gasteiger partial charge is 0.445 e. The van der Waals surface area contributed by atoms with Gasteiger partial charge >= 0.3 is 6.09 Å². The summed E-state index contributed by atoms with van der Waals surface area (Å²) < 4.78 is 5.10. The molecule has 1 amide bonds. The van der Waals surface area contributed by atoms with Crippen LogP contribution in [0.25, 0.3) is 6.08 Å². The Kier molecular flexibility index (Phi) is 6.38. The maximum atomic E-state index is 11.5. The summed E-state index contributed by atoms with van der Waals surface area (Å²) in [7, 11) is 0. The zero-order valence-corrected chi connectivity index (χ0v) is 13.2. The minimum absolute atomic E-state index is 0.250. The number of ether oxygens (including phenoxy) is 1. The molecule has 0 unspecified atom stereocenters. The Morgan fingerprint density at radius 2 is 2.09 bits per heavy atom. The molecule has 2 rings (SSSR count). The van der Waals surface area contributed by atoms with E-state index in [9.17, 15) is 4.79 Å². The van der Waals surface area contributed by atoms with Crippen LogP contribution in [-0.2, 0) is 11.3 Å². The van der Waals surface area contributed by atoms with Crippen LogP contribution in [0.4, 0.5) is 10.6 Å². The van der Waals surface area contributed by atoms with Gasteiger partial charge in [0, 0.05) is 12.1 Å². The number of aromatic nitrogens is 2. The Bertz CT molecular complexity index is 677. The van der Waals surface area contributed by atoms with Crippen molar-refractivity contribution < 1.29 is 9.53 Å². The first kappa shape index (κ1) is 16.8. The Labute approximate surface area is 139 Å². The predicted octanol–water partition coefficient (Wildman–Crippen LogP) is 3.04. The summed E-state index contributed by atoms with van der Waals surface area (Å²) in [6.45, 7) is 0.705. The molecule has 2 aromatic rings. The van der Waals surface area contributed by atoms with Crippen LogP contribution in [0.15, 0.2) is 42.5 Å². The van der Waals surface area contributed by atoms with Crippen molar-refractivity contribution in [1.82, 2.24) is 15.5 Å². The Morgan fingerprint density at radius 1 is 1.30 bits per heavy atom. The lowest BCUT2D eigenvalue weighted by atomic mass is 10.2. The van der Waals surface area contributed by atoms with Crippen LogP contribution < -0.4 is 11.1 Å². The summed E-state index contributed by atoms with van der Waals surface area (Å²) in [5, 5.41) is 10.3. The molecular weight excluding hydrogens is 316 g/mol. The minimum atomic E-state index is -0.449. The molecule has 0 saturated carbocycles. The molecule has 7 heteroatoms. The topological polar surface area (TPSA) is 90.1 Å². The summed E-state index contributed by atoms with van der Waals surface area (Å²) >= 11 is 5.75. The fraction of sp³-hybridized carbons (Fsp3) is 0.188. The van der Waals surface area contributed by atoms with E-state index in [-0.39, 0.29) is 11.8 Å². The second-order valence-electron chi connectivity index (χ2n) is 4.69. The van der Waals surface area contributed by atoms with E-state index in [1.165, 1.54) is 0 Å². The molecule has 1 aromatic heterocycles. The van der Waals surface area contributed by atoms with Gasteiger partial charge in [0.25, 0.3) is 0 Å². The number of carbonyl (C=O) groups excluding carboxylic acids is 1. The number of rotatable bonds is 6. The number of hydrogen-bond donors (Lipinski definition) is 2. The van der Waals surface area contributed by atoms with Gasteiger partial charge < -0.3 is 15.8 Å². The van der Waals surface area contributed by atoms with Crippen LogP contribution in [0.2, 0.25) is 5.15 Å². The maximum absolute atomic E-state index is 11.5. The molecule has 0 saturated heterocycles. The van der Waals surface area contributed by atoms with Gasteiger partial charge in [-0.1, -0.05) is 54.1 Å². The monoisotopic (exact) mass is 332 g/mol. The van der Waals surface area contributed by atoms with E-state index < -0.39 is 6.09 Å². The first-order valence-corrected chi connectivity index (χ1v) is 7.43. The van der Waals surface area contributed by atoms with Gasteiger partial charge in [0.2, 0.25) is 0 Å². The molecule has 0 radical (unpaired) electrons. The van der Waals surface area contributed by atoms with Crippen LogP contribution in [0.3, 0.4) is 0 Å². The van der Waals surface area contributed by atoms with Crippen LogP contribution in [0.5, 0.6) is 0 Å². The van der Waals surface area contributed by atoms with Crippen molar-refractivity contribution in [2.24, 2.45) is 0 Å². The third kappa shape index (κ3) is 5.96. The zero-order chi connectivity index (χ0) is 16.5. The number of alkyl carbamates (subject to hydrolysis) is 1. The Hall–Kier alpha value is -2.60. The van der Waals surface area contributed by atoms with Gasteiger partial charge in [0.15, 0.2) is 11.0 Å². The highest BCUT2D eigenvalue weighted by Gasteiger charge is 2.01. The van der Waals surface area contributed by atoms with E-state index in [0.717, 1.165) is 5.56 Å². The van der Waals surface area contributed by atoms with Crippen molar-refractivity contribution in [3.63, 3.8) is 0 Å². The average molecular weight is 333 g/mol. The number of halogens is 1. The summed E-state index contributed by atoms with van der Waals surface area (Å²) in [6, 6.07) is 11.1. The minimum Gasteiger partial charge on any atom is -0.445 e. The molecule has 120 valence electrons. The van der Waals surface area contributed by atoms with Crippen molar-refractivity contribution in [2.45, 2.75) is 13.0 Å². The van der Waals surface area contributed by atoms with Crippen LogP contribution in [-0.4, -0.2) is 22.8 Å². The molecule has 0 bridgehead atoms. The number of benzene rings is 1. The summed E-state index contributed by atoms with van der Waals surface area (Å²) in [5.74, 6) is 0.306. The lowest BCUT2D eigenvalue weighted by Crippen LogP contribution is -2.24. The number of nitrogens with zero attached hydrogens (tertiary/aromatic N) is 2. The lowest BCUT2D eigenvalue weighted by molar-refractivity contribution is 0.140. The van der Waals surface area contributed by atoms with E-state index in [0.29, 0.717) is 24.3 Å². The molecule has 0 fully saturated rings. The first-order valence-electron chi connectivity index (χ1n) is 7.05. The fourth-order valence-corrected chi connectivity index (χ4v) is 1.92. The molecule has 0 aliphatic heterocycles. The first-order chi connectivity index (χ1) is 11.1. The van der Waals surface area contributed by atoms with Crippen molar-refractivity contribution >= 4 is 29.6 Å². The average Bonchev–Trinajstić information content (AvgIpc) is 2.56. The Balaban J connectivity index is 1.67. The highest BCUT2D eigenvalue weighted by atomic mass is 35.5. The standard InChI is InChI=1S/C16H17ClN4O2/c17-14-10-13(15(18)21-20-14)8-4-5-9-19-16(22)23-11-12-6-2-1-3-7-12/h1-4,6-8,10H,5,9,11H2,(H2,18,21)(H,19,22). The van der Waals surface area contributed by atoms with E-state index in [1.807, 2.05) is 36.4 Å². The van der Waals surface area contributed by atoms with E-state index in [2.05, 4.69) is 15.5 Å². The van der Waals surface area contributed by atoms with Crippen molar-refractivity contribution in [2.75, 3.05) is 12.3 Å². The number of anilines is 1. The number of nitrogens with one attached hydrogen (secondary N) is 1. The molecule has 0 aliphatic carbocycles. The highest BCUT2D eigenvalue weighted by Crippen LogP contribution is 2.13. The maximum Gasteiger partial charge on any atom is 0.407 e. The highest BCUT2D eigenvalue weighted by molar-refractivity contribution is 6.29. The molecule has 0 aliphatic rings. The summed E-state index contributed by atoms with van der Waals surface area (Å²) in [4.78, 5) is 11.5. The number of carbonyl (C=O) groups is 1. The fourth-order valence-electron chi connectivity index (χ4n) is 1.77. The number of amides is 1. The third-order valence-electron chi connectivity index (χ3n) is 2.91. The number of hydrogen-bond acceptors (Lipinski definition) is 5. The molecule has 1 heterocycles. The van der Waals surface area contributed by atoms with Crippen LogP contribution in [0, 0.1) is 0 Å². The zero-order valence-electron chi connectivity index (χ0n) is 12.4. The smallest absolute Gasteiger partial charge is 0.407 e. The molecule has 0 spiro atoms. The molecule has 0 atom stereocenters. The molecule has 3 N–H and O–H groups in total. The summed E-state index contributed by atoms with van der Waals surface area (Å²) in [5.41, 5.74) is 7.31. The second kappa shape index (κ2) is 8.75. The van der Waals surface area contributed by atoms with Crippen LogP contribution >= 0.6 is 11.6 Å². The van der Waals surface area contributed by atoms with Crippen molar-refractivity contribution in [3.8, 4) is 0 Å². The van der Waals surface area contributed by atoms with E-state index in [4.69, 9.17) is 22.1 Å². The number of nitrogens with two attached hydrogens (primary N) is 1. The van der Waals surface area contributed by atoms with Gasteiger partial charge in [0.1, 0.15) is 6.61 Å². The van der Waals surface area contributed by atoms with Crippen LogP contribution in [0.1, 0.15) is 17.5 Å². The number of nitrogen functional groups attached to an aromatic ring is 1. The van der Waals surface area contributed by atoms with Gasteiger partial charge in [0.05, 0.1) is 0 Å². The van der Waals surface area contributed by atoms with Crippen molar-refractivity contribution in [1.29, 1.82) is 0 Å². The van der Waals surface area contributed by atoms with Gasteiger partial charge in [-0.2, -0.15) is 0 Å². The summed E-state index contributed by atoms with van der Waals surface area (Å²) in [6.07, 6.45) is 3.82. The molecule has 23 heavy (non-hydrogen) atoms. The quantitative estimate of drug-likeness (QED) is 0.793.